The van der Waals surface area contributed by atoms with Crippen molar-refractivity contribution in [3.63, 3.8) is 0 Å². The fourth-order valence-corrected chi connectivity index (χ4v) is 0.941. The third kappa shape index (κ3) is 26.4. The number of hydrogen-bond donors (Lipinski definition) is 0. The number of rotatable bonds is 3. The third-order valence-electron chi connectivity index (χ3n) is 1.52. The summed E-state index contributed by atoms with van der Waals surface area (Å²) in [5.41, 5.74) is 2.41. The largest absolute Gasteiger partial charge is 0.106 e. The van der Waals surface area contributed by atoms with Crippen LogP contribution in [0.2, 0.25) is 0 Å². The number of allylic oxidation sites excluding steroid dienone is 7. The zero-order valence-electron chi connectivity index (χ0n) is 15.0. The van der Waals surface area contributed by atoms with Gasteiger partial charge in [-0.3, -0.25) is 0 Å². The lowest BCUT2D eigenvalue weighted by molar-refractivity contribution is 1.46. The third-order valence-corrected chi connectivity index (χ3v) is 1.52. The Morgan fingerprint density at radius 2 is 1.00 bits per heavy atom. The summed E-state index contributed by atoms with van der Waals surface area (Å²) in [7, 11) is 0. The highest BCUT2D eigenvalue weighted by molar-refractivity contribution is 5.44. The van der Waals surface area contributed by atoms with Crippen LogP contribution in [0.4, 0.5) is 0 Å². The Hall–Kier alpha value is -1.30. The summed E-state index contributed by atoms with van der Waals surface area (Å²) in [6.45, 7) is 27.8. The fraction of sp³-hybridized carbons (Fsp3) is 0.474. The summed E-state index contributed by atoms with van der Waals surface area (Å²) in [5, 5.41) is 0. The minimum Gasteiger partial charge on any atom is -0.106 e. The Morgan fingerprint density at radius 3 is 1.16 bits per heavy atom. The first-order valence-corrected chi connectivity index (χ1v) is 7.38. The van der Waals surface area contributed by atoms with Gasteiger partial charge in [0.1, 0.15) is 0 Å². The van der Waals surface area contributed by atoms with E-state index in [0.29, 0.717) is 0 Å². The molecule has 0 rings (SSSR count). The molecule has 0 aliphatic carbocycles. The topological polar surface area (TPSA) is 0 Å². The predicted molar refractivity (Wildman–Crippen MR) is 97.8 cm³/mol. The first-order chi connectivity index (χ1) is 9.29. The summed E-state index contributed by atoms with van der Waals surface area (Å²) >= 11 is 0. The lowest BCUT2D eigenvalue weighted by atomic mass is 10.1. The molecule has 0 spiro atoms. The van der Waals surface area contributed by atoms with Gasteiger partial charge in [0, 0.05) is 0 Å². The molecule has 0 nitrogen and oxygen atoms in total. The highest BCUT2D eigenvalue weighted by Crippen LogP contribution is 2.11. The molecule has 0 N–H and O–H groups in total. The van der Waals surface area contributed by atoms with E-state index < -0.39 is 0 Å². The standard InChI is InChI=1S/C11H16.3C2H6.C2H4/c1-5-9-11(8-4)10(6-2)7-3;4*1-2/h5-9H,2H2,1,3-4H3;3*1-2H3;1-2H2/b9-5-,10-7-,11-8-;;;;. The van der Waals surface area contributed by atoms with Gasteiger partial charge in [-0.25, -0.2) is 0 Å². The average molecular weight is 267 g/mol. The van der Waals surface area contributed by atoms with Crippen LogP contribution in [-0.4, -0.2) is 0 Å². The van der Waals surface area contributed by atoms with E-state index in [0.717, 1.165) is 0 Å². The second-order valence-corrected chi connectivity index (χ2v) is 2.19. The quantitative estimate of drug-likeness (QED) is 0.366. The molecule has 0 heteroatoms. The molecular weight excluding hydrogens is 228 g/mol. The summed E-state index contributed by atoms with van der Waals surface area (Å²) in [4.78, 5) is 0. The van der Waals surface area contributed by atoms with Crippen LogP contribution in [0.5, 0.6) is 0 Å². The second-order valence-electron chi connectivity index (χ2n) is 2.19. The molecule has 0 saturated heterocycles. The Morgan fingerprint density at radius 1 is 0.684 bits per heavy atom. The van der Waals surface area contributed by atoms with Gasteiger partial charge in [-0.1, -0.05) is 78.5 Å². The highest BCUT2D eigenvalue weighted by Gasteiger charge is 1.92. The summed E-state index contributed by atoms with van der Waals surface area (Å²) in [5.74, 6) is 0. The van der Waals surface area contributed by atoms with Gasteiger partial charge in [-0.2, -0.15) is 0 Å². The normalized spacial score (nSPS) is 9.32. The summed E-state index contributed by atoms with van der Waals surface area (Å²) in [6.07, 6.45) is 10.1. The Bertz CT molecular complexity index is 214. The van der Waals surface area contributed by atoms with E-state index in [4.69, 9.17) is 0 Å². The molecule has 0 aromatic heterocycles. The lowest BCUT2D eigenvalue weighted by Gasteiger charge is -1.99. The van der Waals surface area contributed by atoms with E-state index in [-0.39, 0.29) is 0 Å². The van der Waals surface area contributed by atoms with Crippen molar-refractivity contribution < 1.29 is 0 Å². The lowest BCUT2D eigenvalue weighted by Crippen LogP contribution is -1.80. The van der Waals surface area contributed by atoms with Crippen molar-refractivity contribution >= 4 is 0 Å². The molecule has 0 aromatic carbocycles. The summed E-state index contributed by atoms with van der Waals surface area (Å²) in [6, 6.07) is 0. The van der Waals surface area contributed by atoms with Gasteiger partial charge < -0.3 is 0 Å². The van der Waals surface area contributed by atoms with Crippen molar-refractivity contribution in [3.05, 3.63) is 61.3 Å². The second kappa shape index (κ2) is 43.7. The van der Waals surface area contributed by atoms with E-state index in [1.54, 1.807) is 0 Å². The zero-order chi connectivity index (χ0) is 16.7. The first kappa shape index (κ1) is 30.6. The van der Waals surface area contributed by atoms with Crippen molar-refractivity contribution in [1.82, 2.24) is 0 Å². The van der Waals surface area contributed by atoms with Crippen LogP contribution in [0.15, 0.2) is 61.3 Å². The van der Waals surface area contributed by atoms with Gasteiger partial charge in [-0.05, 0) is 31.9 Å². The Labute approximate surface area is 124 Å². The molecule has 0 aromatic rings. The fourth-order valence-electron chi connectivity index (χ4n) is 0.941. The molecule has 0 fully saturated rings. The molecule has 0 aliphatic heterocycles. The van der Waals surface area contributed by atoms with Gasteiger partial charge >= 0.3 is 0 Å². The highest BCUT2D eigenvalue weighted by atomic mass is 14.0. The van der Waals surface area contributed by atoms with Crippen LogP contribution in [0.1, 0.15) is 62.3 Å². The van der Waals surface area contributed by atoms with E-state index in [1.807, 2.05) is 74.5 Å². The molecule has 0 aliphatic rings. The molecule has 0 saturated carbocycles. The minimum atomic E-state index is 1.19. The molecule has 0 atom stereocenters. The van der Waals surface area contributed by atoms with Crippen LogP contribution in [0.25, 0.3) is 0 Å². The zero-order valence-corrected chi connectivity index (χ0v) is 15.0. The smallest absolute Gasteiger partial charge is 0.0234 e. The Balaban J connectivity index is -0.0000000693. The molecular formula is C19H38. The van der Waals surface area contributed by atoms with Crippen LogP contribution in [-0.2, 0) is 0 Å². The minimum absolute atomic E-state index is 1.19. The van der Waals surface area contributed by atoms with Crippen LogP contribution in [0.3, 0.4) is 0 Å². The van der Waals surface area contributed by atoms with E-state index in [9.17, 15) is 0 Å². The average Bonchev–Trinajstić information content (AvgIpc) is 2.55. The van der Waals surface area contributed by atoms with E-state index in [1.165, 1.54) is 11.1 Å². The summed E-state index contributed by atoms with van der Waals surface area (Å²) < 4.78 is 0. The maximum atomic E-state index is 3.74. The molecule has 19 heavy (non-hydrogen) atoms. The van der Waals surface area contributed by atoms with Gasteiger partial charge in [0.05, 0.1) is 0 Å². The van der Waals surface area contributed by atoms with Crippen molar-refractivity contribution in [2.45, 2.75) is 62.3 Å². The monoisotopic (exact) mass is 266 g/mol. The van der Waals surface area contributed by atoms with E-state index >= 15 is 0 Å². The van der Waals surface area contributed by atoms with Gasteiger partial charge in [0.15, 0.2) is 0 Å². The molecule has 0 amide bonds. The molecule has 0 heterocycles. The molecule has 0 bridgehead atoms. The van der Waals surface area contributed by atoms with E-state index in [2.05, 4.69) is 38.0 Å². The molecule has 114 valence electrons. The van der Waals surface area contributed by atoms with Crippen molar-refractivity contribution in [1.29, 1.82) is 0 Å². The van der Waals surface area contributed by atoms with Gasteiger partial charge in [-0.15, -0.1) is 13.2 Å². The van der Waals surface area contributed by atoms with Crippen molar-refractivity contribution in [2.24, 2.45) is 0 Å². The molecule has 0 unspecified atom stereocenters. The van der Waals surface area contributed by atoms with Crippen LogP contribution in [0, 0.1) is 0 Å². The Kier molecular flexibility index (Phi) is 70.5. The van der Waals surface area contributed by atoms with Crippen LogP contribution >= 0.6 is 0 Å². The first-order valence-electron chi connectivity index (χ1n) is 7.38. The molecule has 0 radical (unpaired) electrons. The van der Waals surface area contributed by atoms with Crippen molar-refractivity contribution in [2.75, 3.05) is 0 Å². The van der Waals surface area contributed by atoms with Crippen molar-refractivity contribution in [3.8, 4) is 0 Å². The predicted octanol–water partition coefficient (Wildman–Crippen LogP) is 7.52. The van der Waals surface area contributed by atoms with Gasteiger partial charge in [0.25, 0.3) is 0 Å². The maximum absolute atomic E-state index is 3.74. The van der Waals surface area contributed by atoms with Gasteiger partial charge in [0.2, 0.25) is 0 Å². The van der Waals surface area contributed by atoms with Crippen LogP contribution < -0.4 is 0 Å². The maximum Gasteiger partial charge on any atom is -0.0234 e. The number of hydrogen-bond acceptors (Lipinski definition) is 0. The SMILES string of the molecule is C=C.C=CC(=C/C)/C(/C=C\C)=C\C.CC.CC.CC.